The third-order valence-corrected chi connectivity index (χ3v) is 4.62. The first-order valence-corrected chi connectivity index (χ1v) is 9.37. The second-order valence-corrected chi connectivity index (χ2v) is 6.72. The highest BCUT2D eigenvalue weighted by atomic mass is 127. The lowest BCUT2D eigenvalue weighted by Crippen LogP contribution is -2.37. The lowest BCUT2D eigenvalue weighted by atomic mass is 10.1. The van der Waals surface area contributed by atoms with Crippen LogP contribution in [0.5, 0.6) is 0 Å². The van der Waals surface area contributed by atoms with Gasteiger partial charge in [0, 0.05) is 39.1 Å². The minimum atomic E-state index is -0.192. The number of aromatic nitrogens is 2. The molecule has 29 heavy (non-hydrogen) atoms. The summed E-state index contributed by atoms with van der Waals surface area (Å²) in [6, 6.07) is 13.4. The van der Waals surface area contributed by atoms with Crippen molar-refractivity contribution < 1.29 is 4.39 Å². The Bertz CT molecular complexity index is 907. The van der Waals surface area contributed by atoms with Gasteiger partial charge in [-0.3, -0.25) is 4.99 Å². The topological polar surface area (TPSA) is 54.2 Å². The van der Waals surface area contributed by atoms with Crippen molar-refractivity contribution in [3.63, 3.8) is 0 Å². The average molecular weight is 507 g/mol. The van der Waals surface area contributed by atoms with Gasteiger partial charge in [-0.1, -0.05) is 30.3 Å². The number of rotatable bonds is 7. The van der Waals surface area contributed by atoms with Crippen LogP contribution in [0.2, 0.25) is 0 Å². The molecule has 2 aromatic carbocycles. The molecule has 0 fully saturated rings. The number of aryl methyl sites for hydroxylation is 1. The molecule has 0 bridgehead atoms. The van der Waals surface area contributed by atoms with Gasteiger partial charge in [-0.05, 0) is 47.7 Å². The van der Waals surface area contributed by atoms with Gasteiger partial charge in [-0.25, -0.2) is 9.37 Å². The summed E-state index contributed by atoms with van der Waals surface area (Å²) in [5.74, 6) is 0.560. The molecule has 1 heterocycles. The van der Waals surface area contributed by atoms with Crippen molar-refractivity contribution in [1.29, 1.82) is 0 Å². The minimum Gasteiger partial charge on any atom is -0.356 e. The number of nitrogens with zero attached hydrogens (tertiary/aromatic N) is 3. The van der Waals surface area contributed by atoms with E-state index >= 15 is 0 Å². The fraction of sp³-hybridized carbons (Fsp3) is 0.273. The maximum absolute atomic E-state index is 13.2. The predicted molar refractivity (Wildman–Crippen MR) is 126 cm³/mol. The molecule has 1 aromatic heterocycles. The molecule has 7 heteroatoms. The Morgan fingerprint density at radius 2 is 1.86 bits per heavy atom. The second-order valence-electron chi connectivity index (χ2n) is 6.72. The molecule has 0 unspecified atom stereocenters. The van der Waals surface area contributed by atoms with Crippen LogP contribution < -0.4 is 10.6 Å². The van der Waals surface area contributed by atoms with E-state index in [0.29, 0.717) is 6.54 Å². The number of imidazole rings is 1. The first kappa shape index (κ1) is 22.9. The lowest BCUT2D eigenvalue weighted by molar-refractivity contribution is 0.625. The van der Waals surface area contributed by atoms with Crippen molar-refractivity contribution in [1.82, 2.24) is 20.2 Å². The van der Waals surface area contributed by atoms with Crippen molar-refractivity contribution in [2.45, 2.75) is 26.4 Å². The van der Waals surface area contributed by atoms with Crippen molar-refractivity contribution in [3.05, 3.63) is 89.3 Å². The Balaban J connectivity index is 0.00000300. The molecule has 5 nitrogen and oxygen atoms in total. The molecular formula is C22H27FIN5. The van der Waals surface area contributed by atoms with E-state index in [1.165, 1.54) is 17.2 Å². The van der Waals surface area contributed by atoms with E-state index in [-0.39, 0.29) is 29.8 Å². The van der Waals surface area contributed by atoms with Gasteiger partial charge in [0.15, 0.2) is 5.96 Å². The van der Waals surface area contributed by atoms with E-state index in [0.717, 1.165) is 36.6 Å². The molecule has 0 aliphatic carbocycles. The standard InChI is InChI=1S/C22H26FN5.HI/c1-17-13-21(23)8-7-20(17)9-10-26-22(24-2)27-14-18-3-5-19(6-4-18)15-28-12-11-25-16-28;/h3-8,11-13,16H,9-10,14-15H2,1-2H3,(H2,24,26,27);1H. The highest BCUT2D eigenvalue weighted by Crippen LogP contribution is 2.10. The Kier molecular flexibility index (Phi) is 9.11. The third-order valence-electron chi connectivity index (χ3n) is 4.62. The van der Waals surface area contributed by atoms with E-state index in [2.05, 4.69) is 44.9 Å². The van der Waals surface area contributed by atoms with Crippen LogP contribution >= 0.6 is 24.0 Å². The highest BCUT2D eigenvalue weighted by molar-refractivity contribution is 14.0. The zero-order valence-corrected chi connectivity index (χ0v) is 19.1. The van der Waals surface area contributed by atoms with Crippen molar-refractivity contribution >= 4 is 29.9 Å². The molecule has 3 rings (SSSR count). The first-order valence-electron chi connectivity index (χ1n) is 9.37. The number of guanidine groups is 1. The Morgan fingerprint density at radius 3 is 2.52 bits per heavy atom. The Morgan fingerprint density at radius 1 is 1.10 bits per heavy atom. The summed E-state index contributed by atoms with van der Waals surface area (Å²) in [5, 5.41) is 6.63. The van der Waals surface area contributed by atoms with Crippen molar-refractivity contribution in [3.8, 4) is 0 Å². The maximum Gasteiger partial charge on any atom is 0.191 e. The largest absolute Gasteiger partial charge is 0.356 e. The van der Waals surface area contributed by atoms with Gasteiger partial charge < -0.3 is 15.2 Å². The molecule has 0 spiro atoms. The van der Waals surface area contributed by atoms with E-state index in [1.54, 1.807) is 19.3 Å². The molecule has 0 amide bonds. The molecule has 154 valence electrons. The lowest BCUT2D eigenvalue weighted by Gasteiger charge is -2.13. The monoisotopic (exact) mass is 507 g/mol. The minimum absolute atomic E-state index is 0. The number of benzene rings is 2. The fourth-order valence-corrected chi connectivity index (χ4v) is 3.02. The van der Waals surface area contributed by atoms with Gasteiger partial charge in [-0.15, -0.1) is 24.0 Å². The SMILES string of the molecule is CN=C(NCCc1ccc(F)cc1C)NCc1ccc(Cn2ccnc2)cc1.I. The highest BCUT2D eigenvalue weighted by Gasteiger charge is 2.03. The summed E-state index contributed by atoms with van der Waals surface area (Å²) in [4.78, 5) is 8.33. The molecule has 0 saturated heterocycles. The molecule has 2 N–H and O–H groups in total. The Hall–Kier alpha value is -2.42. The molecule has 0 atom stereocenters. The van der Waals surface area contributed by atoms with Gasteiger partial charge in [0.05, 0.1) is 6.33 Å². The van der Waals surface area contributed by atoms with Crippen LogP contribution in [0.25, 0.3) is 0 Å². The molecule has 0 radical (unpaired) electrons. The van der Waals surface area contributed by atoms with Crippen LogP contribution in [0.3, 0.4) is 0 Å². The van der Waals surface area contributed by atoms with Crippen LogP contribution in [-0.2, 0) is 19.5 Å². The van der Waals surface area contributed by atoms with Crippen LogP contribution in [0.15, 0.2) is 66.2 Å². The molecule has 0 aliphatic heterocycles. The number of halogens is 2. The molecule has 0 saturated carbocycles. The van der Waals surface area contributed by atoms with Gasteiger partial charge in [0.2, 0.25) is 0 Å². The Labute approximate surface area is 188 Å². The second kappa shape index (κ2) is 11.5. The van der Waals surface area contributed by atoms with Crippen LogP contribution in [0.1, 0.15) is 22.3 Å². The van der Waals surface area contributed by atoms with Gasteiger partial charge in [-0.2, -0.15) is 0 Å². The summed E-state index contributed by atoms with van der Waals surface area (Å²) in [6.07, 6.45) is 6.38. The van der Waals surface area contributed by atoms with Crippen molar-refractivity contribution in [2.24, 2.45) is 4.99 Å². The first-order chi connectivity index (χ1) is 13.6. The van der Waals surface area contributed by atoms with E-state index in [9.17, 15) is 4.39 Å². The number of aliphatic imine (C=N–C) groups is 1. The average Bonchev–Trinajstić information content (AvgIpc) is 3.20. The van der Waals surface area contributed by atoms with Crippen LogP contribution in [-0.4, -0.2) is 29.1 Å². The molecule has 3 aromatic rings. The smallest absolute Gasteiger partial charge is 0.191 e. The fourth-order valence-electron chi connectivity index (χ4n) is 3.02. The summed E-state index contributed by atoms with van der Waals surface area (Å²) in [7, 11) is 1.76. The quantitative estimate of drug-likeness (QED) is 0.290. The summed E-state index contributed by atoms with van der Waals surface area (Å²) < 4.78 is 15.2. The van der Waals surface area contributed by atoms with Gasteiger partial charge in [0.1, 0.15) is 5.82 Å². The molecule has 0 aliphatic rings. The van der Waals surface area contributed by atoms with Crippen LogP contribution in [0, 0.1) is 12.7 Å². The molecular weight excluding hydrogens is 480 g/mol. The van der Waals surface area contributed by atoms with E-state index < -0.39 is 0 Å². The third kappa shape index (κ3) is 7.16. The van der Waals surface area contributed by atoms with E-state index in [1.807, 2.05) is 30.1 Å². The summed E-state index contributed by atoms with van der Waals surface area (Å²) in [6.45, 7) is 4.18. The van der Waals surface area contributed by atoms with Gasteiger partial charge in [0.25, 0.3) is 0 Å². The normalized spacial score (nSPS) is 11.1. The van der Waals surface area contributed by atoms with E-state index in [4.69, 9.17) is 0 Å². The zero-order chi connectivity index (χ0) is 19.8. The summed E-state index contributed by atoms with van der Waals surface area (Å²) in [5.41, 5.74) is 4.53. The van der Waals surface area contributed by atoms with Crippen molar-refractivity contribution in [2.75, 3.05) is 13.6 Å². The summed E-state index contributed by atoms with van der Waals surface area (Å²) >= 11 is 0. The van der Waals surface area contributed by atoms with Crippen LogP contribution in [0.4, 0.5) is 4.39 Å². The maximum atomic E-state index is 13.2. The zero-order valence-electron chi connectivity index (χ0n) is 16.7. The number of nitrogens with one attached hydrogen (secondary N) is 2. The predicted octanol–water partition coefficient (Wildman–Crippen LogP) is 3.90. The number of hydrogen-bond donors (Lipinski definition) is 2. The number of hydrogen-bond acceptors (Lipinski definition) is 2. The van der Waals surface area contributed by atoms with Gasteiger partial charge >= 0.3 is 0 Å².